The van der Waals surface area contributed by atoms with Gasteiger partial charge in [-0.3, -0.25) is 10.1 Å². The SMILES string of the molecule is O=C(OC1COC1)c1c(F)ccc([N+](=O)[O-])c1F. The van der Waals surface area contributed by atoms with Gasteiger partial charge in [-0.05, 0) is 6.07 Å². The van der Waals surface area contributed by atoms with E-state index in [-0.39, 0.29) is 13.2 Å². The highest BCUT2D eigenvalue weighted by atomic mass is 19.1. The number of nitro benzene ring substituents is 1. The quantitative estimate of drug-likeness (QED) is 0.466. The van der Waals surface area contributed by atoms with Crippen molar-refractivity contribution in [3.8, 4) is 0 Å². The van der Waals surface area contributed by atoms with E-state index >= 15 is 0 Å². The fraction of sp³-hybridized carbons (Fsp3) is 0.300. The third kappa shape index (κ3) is 2.14. The molecule has 0 saturated carbocycles. The molecule has 2 rings (SSSR count). The number of ether oxygens (including phenoxy) is 2. The summed E-state index contributed by atoms with van der Waals surface area (Å²) < 4.78 is 36.3. The molecule has 1 fully saturated rings. The summed E-state index contributed by atoms with van der Waals surface area (Å²) in [4.78, 5) is 20.9. The first-order chi connectivity index (χ1) is 8.50. The minimum absolute atomic E-state index is 0.143. The molecule has 0 amide bonds. The molecule has 0 aromatic heterocycles. The van der Waals surface area contributed by atoms with Crippen molar-refractivity contribution in [2.45, 2.75) is 6.10 Å². The van der Waals surface area contributed by atoms with Crippen LogP contribution in [0, 0.1) is 21.7 Å². The zero-order valence-corrected chi connectivity index (χ0v) is 8.89. The van der Waals surface area contributed by atoms with Crippen LogP contribution in [0.1, 0.15) is 10.4 Å². The van der Waals surface area contributed by atoms with E-state index in [2.05, 4.69) is 0 Å². The maximum Gasteiger partial charge on any atom is 0.344 e. The molecule has 0 aliphatic carbocycles. The topological polar surface area (TPSA) is 78.7 Å². The molecule has 0 radical (unpaired) electrons. The molecule has 0 atom stereocenters. The highest BCUT2D eigenvalue weighted by Crippen LogP contribution is 2.24. The second kappa shape index (κ2) is 4.65. The summed E-state index contributed by atoms with van der Waals surface area (Å²) in [5.74, 6) is -4.02. The molecule has 8 heteroatoms. The zero-order chi connectivity index (χ0) is 13.3. The number of hydrogen-bond donors (Lipinski definition) is 0. The van der Waals surface area contributed by atoms with E-state index in [1.165, 1.54) is 0 Å². The van der Waals surface area contributed by atoms with Crippen LogP contribution in [0.4, 0.5) is 14.5 Å². The van der Waals surface area contributed by atoms with Crippen LogP contribution in [0.3, 0.4) is 0 Å². The second-order valence-corrected chi connectivity index (χ2v) is 3.58. The van der Waals surface area contributed by atoms with Crippen LogP contribution in [0.2, 0.25) is 0 Å². The van der Waals surface area contributed by atoms with E-state index in [9.17, 15) is 23.7 Å². The molecule has 1 heterocycles. The maximum atomic E-state index is 13.6. The largest absolute Gasteiger partial charge is 0.454 e. The van der Waals surface area contributed by atoms with Crippen molar-refractivity contribution >= 4 is 11.7 Å². The number of rotatable bonds is 3. The van der Waals surface area contributed by atoms with E-state index in [0.29, 0.717) is 12.1 Å². The minimum Gasteiger partial charge on any atom is -0.454 e. The van der Waals surface area contributed by atoms with Crippen molar-refractivity contribution in [3.05, 3.63) is 39.4 Å². The first-order valence-corrected chi connectivity index (χ1v) is 4.92. The molecule has 1 saturated heterocycles. The number of benzene rings is 1. The van der Waals surface area contributed by atoms with Gasteiger partial charge in [-0.2, -0.15) is 4.39 Å². The standard InChI is InChI=1S/C10H7F2NO5/c11-6-1-2-7(13(15)16)9(12)8(6)10(14)18-5-3-17-4-5/h1-2,5H,3-4H2. The van der Waals surface area contributed by atoms with Crippen LogP contribution in [0.15, 0.2) is 12.1 Å². The van der Waals surface area contributed by atoms with Gasteiger partial charge in [0.05, 0.1) is 18.1 Å². The van der Waals surface area contributed by atoms with Gasteiger partial charge in [0.1, 0.15) is 17.5 Å². The molecule has 1 aliphatic rings. The Morgan fingerprint density at radius 1 is 1.44 bits per heavy atom. The molecule has 0 spiro atoms. The van der Waals surface area contributed by atoms with Gasteiger partial charge < -0.3 is 9.47 Å². The van der Waals surface area contributed by atoms with E-state index in [4.69, 9.17) is 9.47 Å². The summed E-state index contributed by atoms with van der Waals surface area (Å²) in [6.45, 7) is 0.286. The Balaban J connectivity index is 2.32. The van der Waals surface area contributed by atoms with Crippen LogP contribution in [-0.4, -0.2) is 30.2 Å². The monoisotopic (exact) mass is 259 g/mol. The van der Waals surface area contributed by atoms with Gasteiger partial charge in [0.15, 0.2) is 0 Å². The zero-order valence-electron chi connectivity index (χ0n) is 8.89. The van der Waals surface area contributed by atoms with Crippen molar-refractivity contribution < 1.29 is 28.0 Å². The Bertz CT molecular complexity index is 515. The van der Waals surface area contributed by atoms with E-state index in [1.807, 2.05) is 0 Å². The van der Waals surface area contributed by atoms with Gasteiger partial charge in [-0.15, -0.1) is 0 Å². The van der Waals surface area contributed by atoms with Crippen molar-refractivity contribution in [1.29, 1.82) is 0 Å². The van der Waals surface area contributed by atoms with Crippen molar-refractivity contribution in [1.82, 2.24) is 0 Å². The predicted molar refractivity (Wildman–Crippen MR) is 53.0 cm³/mol. The normalized spacial score (nSPS) is 15.0. The van der Waals surface area contributed by atoms with E-state index < -0.39 is 39.9 Å². The molecule has 1 aromatic rings. The van der Waals surface area contributed by atoms with Gasteiger partial charge in [0.25, 0.3) is 0 Å². The average Bonchev–Trinajstić information content (AvgIpc) is 2.23. The molecule has 0 N–H and O–H groups in total. The van der Waals surface area contributed by atoms with Gasteiger partial charge >= 0.3 is 11.7 Å². The lowest BCUT2D eigenvalue weighted by molar-refractivity contribution is -0.387. The minimum atomic E-state index is -1.54. The Morgan fingerprint density at radius 2 is 2.11 bits per heavy atom. The number of nitrogens with zero attached hydrogens (tertiary/aromatic N) is 1. The molecule has 6 nitrogen and oxygen atoms in total. The number of halogens is 2. The Hall–Kier alpha value is -2.09. The first kappa shape index (κ1) is 12.4. The molecular weight excluding hydrogens is 252 g/mol. The summed E-state index contributed by atoms with van der Waals surface area (Å²) in [5, 5.41) is 10.5. The summed E-state index contributed by atoms with van der Waals surface area (Å²) in [6.07, 6.45) is -0.574. The van der Waals surface area contributed by atoms with E-state index in [0.717, 1.165) is 0 Å². The van der Waals surface area contributed by atoms with Gasteiger partial charge in [-0.1, -0.05) is 0 Å². The number of esters is 1. The lowest BCUT2D eigenvalue weighted by Gasteiger charge is -2.25. The highest BCUT2D eigenvalue weighted by molar-refractivity contribution is 5.91. The molecule has 1 aliphatic heterocycles. The third-order valence-electron chi connectivity index (χ3n) is 2.35. The average molecular weight is 259 g/mol. The summed E-state index contributed by atoms with van der Waals surface area (Å²) in [7, 11) is 0. The van der Waals surface area contributed by atoms with Crippen LogP contribution < -0.4 is 0 Å². The molecule has 18 heavy (non-hydrogen) atoms. The maximum absolute atomic E-state index is 13.6. The Labute approximate surface area is 99.3 Å². The van der Waals surface area contributed by atoms with Gasteiger partial charge in [0, 0.05) is 6.07 Å². The number of nitro groups is 1. The fourth-order valence-electron chi connectivity index (χ4n) is 1.36. The van der Waals surface area contributed by atoms with Gasteiger partial charge in [-0.25, -0.2) is 9.18 Å². The van der Waals surface area contributed by atoms with Crippen LogP contribution in [-0.2, 0) is 9.47 Å². The predicted octanol–water partition coefficient (Wildman–Crippen LogP) is 1.43. The number of carbonyl (C=O) groups excluding carboxylic acids is 1. The summed E-state index contributed by atoms with van der Waals surface area (Å²) >= 11 is 0. The molecule has 96 valence electrons. The second-order valence-electron chi connectivity index (χ2n) is 3.58. The smallest absolute Gasteiger partial charge is 0.344 e. The summed E-state index contributed by atoms with van der Waals surface area (Å²) in [6, 6.07) is 1.29. The third-order valence-corrected chi connectivity index (χ3v) is 2.35. The van der Waals surface area contributed by atoms with Gasteiger partial charge in [0.2, 0.25) is 5.82 Å². The lowest BCUT2D eigenvalue weighted by Crippen LogP contribution is -2.38. The lowest BCUT2D eigenvalue weighted by atomic mass is 10.1. The molecule has 1 aromatic carbocycles. The Kier molecular flexibility index (Phi) is 3.19. The van der Waals surface area contributed by atoms with Crippen molar-refractivity contribution in [3.63, 3.8) is 0 Å². The number of hydrogen-bond acceptors (Lipinski definition) is 5. The molecule has 0 unspecified atom stereocenters. The molecular formula is C10H7F2NO5. The van der Waals surface area contributed by atoms with E-state index in [1.54, 1.807) is 0 Å². The van der Waals surface area contributed by atoms with Crippen molar-refractivity contribution in [2.75, 3.05) is 13.2 Å². The highest BCUT2D eigenvalue weighted by Gasteiger charge is 2.30. The number of carbonyl (C=O) groups is 1. The first-order valence-electron chi connectivity index (χ1n) is 4.92. The van der Waals surface area contributed by atoms with Crippen LogP contribution in [0.25, 0.3) is 0 Å². The van der Waals surface area contributed by atoms with Crippen LogP contribution in [0.5, 0.6) is 0 Å². The van der Waals surface area contributed by atoms with Crippen molar-refractivity contribution in [2.24, 2.45) is 0 Å². The fourth-order valence-corrected chi connectivity index (χ4v) is 1.36. The van der Waals surface area contributed by atoms with Crippen LogP contribution >= 0.6 is 0 Å². The molecule has 0 bridgehead atoms. The summed E-state index contributed by atoms with van der Waals surface area (Å²) in [5.41, 5.74) is -2.04. The Morgan fingerprint density at radius 3 is 2.61 bits per heavy atom.